The van der Waals surface area contributed by atoms with E-state index in [4.69, 9.17) is 5.73 Å². The predicted octanol–water partition coefficient (Wildman–Crippen LogP) is 1.68. The number of hydrogen-bond donors (Lipinski definition) is 3. The van der Waals surface area contributed by atoms with Crippen LogP contribution in [0.15, 0.2) is 28.7 Å². The lowest BCUT2D eigenvalue weighted by Crippen LogP contribution is -2.47. The lowest BCUT2D eigenvalue weighted by Gasteiger charge is -2.19. The van der Waals surface area contributed by atoms with Gasteiger partial charge in [-0.25, -0.2) is 4.79 Å². The van der Waals surface area contributed by atoms with E-state index >= 15 is 0 Å². The molecule has 1 aromatic carbocycles. The highest BCUT2D eigenvalue weighted by Crippen LogP contribution is 2.18. The molecule has 0 aliphatic rings. The molecule has 6 heteroatoms. The molecule has 0 aliphatic heterocycles. The minimum Gasteiger partial charge on any atom is -0.351 e. The van der Waals surface area contributed by atoms with Gasteiger partial charge in [0, 0.05) is 10.5 Å². The van der Waals surface area contributed by atoms with E-state index < -0.39 is 18.0 Å². The van der Waals surface area contributed by atoms with E-state index in [0.29, 0.717) is 0 Å². The Bertz CT molecular complexity index is 451. The average Bonchev–Trinajstić information content (AvgIpc) is 2.27. The van der Waals surface area contributed by atoms with Crippen molar-refractivity contribution >= 4 is 27.9 Å². The molecule has 0 bridgehead atoms. The van der Waals surface area contributed by atoms with Gasteiger partial charge in [-0.3, -0.25) is 15.4 Å². The van der Waals surface area contributed by atoms with Gasteiger partial charge in [-0.05, 0) is 31.5 Å². The first kappa shape index (κ1) is 14.7. The standard InChI is InChI=1S/C12H16BrN3O2/c1-7(9-4-3-5-10(13)6-9)15-8(2)11(17)16-12(14)18/h3-8,15H,1-2H3,(H3,14,16,17,18)/t7-,8?/m1/s1. The Labute approximate surface area is 114 Å². The van der Waals surface area contributed by atoms with Gasteiger partial charge in [-0.1, -0.05) is 28.1 Å². The van der Waals surface area contributed by atoms with Crippen LogP contribution in [0.1, 0.15) is 25.5 Å². The maximum absolute atomic E-state index is 11.5. The van der Waals surface area contributed by atoms with Crippen LogP contribution in [0.4, 0.5) is 4.79 Å². The van der Waals surface area contributed by atoms with Gasteiger partial charge < -0.3 is 5.73 Å². The second kappa shape index (κ2) is 6.51. The zero-order chi connectivity index (χ0) is 13.7. The number of urea groups is 1. The number of nitrogens with two attached hydrogens (primary N) is 1. The largest absolute Gasteiger partial charge is 0.351 e. The molecule has 0 aromatic heterocycles. The molecule has 1 rings (SSSR count). The van der Waals surface area contributed by atoms with E-state index in [1.54, 1.807) is 6.92 Å². The summed E-state index contributed by atoms with van der Waals surface area (Å²) in [6, 6.07) is 6.41. The second-order valence-electron chi connectivity index (χ2n) is 4.02. The average molecular weight is 314 g/mol. The highest BCUT2D eigenvalue weighted by molar-refractivity contribution is 9.10. The summed E-state index contributed by atoms with van der Waals surface area (Å²) >= 11 is 3.39. The number of halogens is 1. The van der Waals surface area contributed by atoms with Crippen LogP contribution in [0.5, 0.6) is 0 Å². The Morgan fingerprint density at radius 2 is 2.00 bits per heavy atom. The molecule has 3 amide bonds. The van der Waals surface area contributed by atoms with Crippen molar-refractivity contribution < 1.29 is 9.59 Å². The van der Waals surface area contributed by atoms with Gasteiger partial charge in [0.1, 0.15) is 0 Å². The van der Waals surface area contributed by atoms with Crippen LogP contribution >= 0.6 is 15.9 Å². The highest BCUT2D eigenvalue weighted by Gasteiger charge is 2.17. The number of primary amides is 1. The number of benzene rings is 1. The summed E-state index contributed by atoms with van der Waals surface area (Å²) in [7, 11) is 0. The second-order valence-corrected chi connectivity index (χ2v) is 4.93. The minimum absolute atomic E-state index is 0.0175. The number of carbonyl (C=O) groups is 2. The normalized spacial score (nSPS) is 13.7. The van der Waals surface area contributed by atoms with E-state index in [0.717, 1.165) is 10.0 Å². The molecule has 0 radical (unpaired) electrons. The van der Waals surface area contributed by atoms with Crippen molar-refractivity contribution in [3.8, 4) is 0 Å². The fourth-order valence-electron chi connectivity index (χ4n) is 1.55. The van der Waals surface area contributed by atoms with Crippen LogP contribution < -0.4 is 16.4 Å². The van der Waals surface area contributed by atoms with Crippen molar-refractivity contribution in [2.75, 3.05) is 0 Å². The third-order valence-corrected chi connectivity index (χ3v) is 2.98. The van der Waals surface area contributed by atoms with Gasteiger partial charge in [0.05, 0.1) is 6.04 Å². The Balaban J connectivity index is 2.61. The molecule has 1 unspecified atom stereocenters. The van der Waals surface area contributed by atoms with Crippen molar-refractivity contribution in [2.45, 2.75) is 25.9 Å². The first-order valence-electron chi connectivity index (χ1n) is 5.52. The van der Waals surface area contributed by atoms with Crippen LogP contribution in [-0.4, -0.2) is 18.0 Å². The molecular weight excluding hydrogens is 298 g/mol. The molecule has 2 atom stereocenters. The summed E-state index contributed by atoms with van der Waals surface area (Å²) in [6.07, 6.45) is 0. The summed E-state index contributed by atoms with van der Waals surface area (Å²) in [5.41, 5.74) is 5.93. The summed E-state index contributed by atoms with van der Waals surface area (Å²) in [4.78, 5) is 22.1. The summed E-state index contributed by atoms with van der Waals surface area (Å²) < 4.78 is 0.975. The fourth-order valence-corrected chi connectivity index (χ4v) is 1.97. The molecule has 0 heterocycles. The molecule has 18 heavy (non-hydrogen) atoms. The minimum atomic E-state index is -0.844. The highest BCUT2D eigenvalue weighted by atomic mass is 79.9. The number of rotatable bonds is 4. The van der Waals surface area contributed by atoms with E-state index in [1.165, 1.54) is 0 Å². The van der Waals surface area contributed by atoms with Crippen molar-refractivity contribution in [3.05, 3.63) is 34.3 Å². The zero-order valence-electron chi connectivity index (χ0n) is 10.2. The first-order chi connectivity index (χ1) is 8.40. The Morgan fingerprint density at radius 1 is 1.33 bits per heavy atom. The maximum atomic E-state index is 11.5. The quantitative estimate of drug-likeness (QED) is 0.790. The molecule has 0 spiro atoms. The van der Waals surface area contributed by atoms with Crippen LogP contribution in [-0.2, 0) is 4.79 Å². The van der Waals surface area contributed by atoms with Gasteiger partial charge in [0.2, 0.25) is 5.91 Å². The van der Waals surface area contributed by atoms with E-state index in [1.807, 2.05) is 36.5 Å². The fraction of sp³-hybridized carbons (Fsp3) is 0.333. The van der Waals surface area contributed by atoms with Gasteiger partial charge in [-0.15, -0.1) is 0 Å². The lowest BCUT2D eigenvalue weighted by atomic mass is 10.1. The van der Waals surface area contributed by atoms with Crippen LogP contribution in [0.25, 0.3) is 0 Å². The number of hydrogen-bond acceptors (Lipinski definition) is 3. The SMILES string of the molecule is CC(N[C@H](C)c1cccc(Br)c1)C(=O)NC(N)=O. The molecular formula is C12H16BrN3O2. The number of amides is 3. The van der Waals surface area contributed by atoms with Crippen molar-refractivity contribution in [1.82, 2.24) is 10.6 Å². The molecule has 98 valence electrons. The van der Waals surface area contributed by atoms with Crippen LogP contribution in [0.3, 0.4) is 0 Å². The topological polar surface area (TPSA) is 84.2 Å². The molecule has 0 aliphatic carbocycles. The van der Waals surface area contributed by atoms with Gasteiger partial charge in [0.25, 0.3) is 0 Å². The Hall–Kier alpha value is -1.40. The maximum Gasteiger partial charge on any atom is 0.318 e. The zero-order valence-corrected chi connectivity index (χ0v) is 11.8. The monoisotopic (exact) mass is 313 g/mol. The molecule has 0 fully saturated rings. The van der Waals surface area contributed by atoms with E-state index in [-0.39, 0.29) is 6.04 Å². The van der Waals surface area contributed by atoms with Crippen molar-refractivity contribution in [3.63, 3.8) is 0 Å². The van der Waals surface area contributed by atoms with E-state index in [2.05, 4.69) is 21.2 Å². The third-order valence-electron chi connectivity index (χ3n) is 2.49. The van der Waals surface area contributed by atoms with Crippen LogP contribution in [0, 0.1) is 0 Å². The van der Waals surface area contributed by atoms with Gasteiger partial charge >= 0.3 is 6.03 Å². The molecule has 0 saturated heterocycles. The van der Waals surface area contributed by atoms with Gasteiger partial charge in [-0.2, -0.15) is 0 Å². The molecule has 5 nitrogen and oxygen atoms in total. The van der Waals surface area contributed by atoms with Crippen molar-refractivity contribution in [2.24, 2.45) is 5.73 Å². The Morgan fingerprint density at radius 3 is 2.56 bits per heavy atom. The Kier molecular flexibility index (Phi) is 5.30. The molecule has 0 saturated carbocycles. The first-order valence-corrected chi connectivity index (χ1v) is 6.31. The molecule has 4 N–H and O–H groups in total. The lowest BCUT2D eigenvalue weighted by molar-refractivity contribution is -0.121. The molecule has 1 aromatic rings. The summed E-state index contributed by atoms with van der Waals surface area (Å²) in [6.45, 7) is 3.61. The van der Waals surface area contributed by atoms with Crippen LogP contribution in [0.2, 0.25) is 0 Å². The summed E-state index contributed by atoms with van der Waals surface area (Å²) in [5.74, 6) is -0.440. The number of nitrogens with one attached hydrogen (secondary N) is 2. The smallest absolute Gasteiger partial charge is 0.318 e. The van der Waals surface area contributed by atoms with E-state index in [9.17, 15) is 9.59 Å². The summed E-state index contributed by atoms with van der Waals surface area (Å²) in [5, 5.41) is 5.13. The third kappa shape index (κ3) is 4.46. The van der Waals surface area contributed by atoms with Gasteiger partial charge in [0.15, 0.2) is 0 Å². The number of carbonyl (C=O) groups excluding carboxylic acids is 2. The predicted molar refractivity (Wildman–Crippen MR) is 72.9 cm³/mol. The van der Waals surface area contributed by atoms with Crippen molar-refractivity contribution in [1.29, 1.82) is 0 Å². The number of imide groups is 1.